The maximum absolute atomic E-state index is 11.8. The number of rotatable bonds is 8. The minimum absolute atomic E-state index is 0.348. The largest absolute Gasteiger partial charge is 0.580 e. The van der Waals surface area contributed by atoms with Gasteiger partial charge in [0.1, 0.15) is 12.1 Å². The first-order valence-electron chi connectivity index (χ1n) is 7.98. The van der Waals surface area contributed by atoms with Gasteiger partial charge in [-0.2, -0.15) is 0 Å². The third-order valence-electron chi connectivity index (χ3n) is 3.60. The first-order valence-corrected chi connectivity index (χ1v) is 7.98. The van der Waals surface area contributed by atoms with Gasteiger partial charge in [0.05, 0.1) is 0 Å². The highest BCUT2D eigenvalue weighted by molar-refractivity contribution is 6.26. The highest BCUT2D eigenvalue weighted by Gasteiger charge is 2.20. The smallest absolute Gasteiger partial charge is 0.501 e. The summed E-state index contributed by atoms with van der Waals surface area (Å²) in [4.78, 5) is 23.6. The molecule has 4 N–H and O–H groups in total. The molecule has 2 atom stereocenters. The van der Waals surface area contributed by atoms with E-state index in [9.17, 15) is 9.59 Å². The van der Waals surface area contributed by atoms with Crippen molar-refractivity contribution in [1.29, 1.82) is 0 Å². The van der Waals surface area contributed by atoms with Gasteiger partial charge in [0.2, 0.25) is 0 Å². The van der Waals surface area contributed by atoms with Crippen LogP contribution in [0.2, 0.25) is 0 Å². The van der Waals surface area contributed by atoms with Crippen LogP contribution < -0.4 is 11.5 Å². The topological polar surface area (TPSA) is 105 Å². The Balaban J connectivity index is 1.70. The fourth-order valence-electron chi connectivity index (χ4n) is 2.26. The lowest BCUT2D eigenvalue weighted by atomic mass is 10.1. The van der Waals surface area contributed by atoms with Crippen LogP contribution in [0.1, 0.15) is 11.1 Å². The Morgan fingerprint density at radius 2 is 1.12 bits per heavy atom. The quantitative estimate of drug-likeness (QED) is 0.678. The van der Waals surface area contributed by atoms with Crippen molar-refractivity contribution in [3.05, 3.63) is 71.8 Å². The van der Waals surface area contributed by atoms with Gasteiger partial charge in [-0.05, 0) is 24.0 Å². The zero-order valence-electron chi connectivity index (χ0n) is 13.8. The van der Waals surface area contributed by atoms with E-state index >= 15 is 0 Å². The third-order valence-corrected chi connectivity index (χ3v) is 3.60. The van der Waals surface area contributed by atoms with Crippen LogP contribution in [0, 0.1) is 0 Å². The van der Waals surface area contributed by atoms with Crippen molar-refractivity contribution in [2.75, 3.05) is 0 Å². The summed E-state index contributed by atoms with van der Waals surface area (Å²) in [7, 11) is -0.497. The van der Waals surface area contributed by atoms with Gasteiger partial charge in [-0.1, -0.05) is 60.7 Å². The second-order valence-electron chi connectivity index (χ2n) is 5.64. The number of carbonyl (C=O) groups excluding carboxylic acids is 2. The molecule has 7 heteroatoms. The molecule has 130 valence electrons. The van der Waals surface area contributed by atoms with E-state index in [2.05, 4.69) is 0 Å². The van der Waals surface area contributed by atoms with Crippen LogP contribution in [0.4, 0.5) is 0 Å². The van der Waals surface area contributed by atoms with Crippen molar-refractivity contribution in [3.8, 4) is 0 Å². The predicted octanol–water partition coefficient (Wildman–Crippen LogP) is 0.479. The van der Waals surface area contributed by atoms with E-state index in [1.165, 1.54) is 0 Å². The summed E-state index contributed by atoms with van der Waals surface area (Å²) < 4.78 is 9.77. The molecule has 2 rings (SSSR count). The van der Waals surface area contributed by atoms with Crippen molar-refractivity contribution in [1.82, 2.24) is 0 Å². The molecule has 0 saturated carbocycles. The van der Waals surface area contributed by atoms with Crippen LogP contribution in [0.5, 0.6) is 0 Å². The van der Waals surface area contributed by atoms with Crippen LogP contribution in [0.3, 0.4) is 0 Å². The normalized spacial score (nSPS) is 12.7. The highest BCUT2D eigenvalue weighted by Crippen LogP contribution is 2.04. The monoisotopic (exact) mass is 340 g/mol. The molecule has 0 radical (unpaired) electrons. The van der Waals surface area contributed by atoms with Gasteiger partial charge < -0.3 is 20.8 Å². The van der Waals surface area contributed by atoms with Gasteiger partial charge >= 0.3 is 19.6 Å². The summed E-state index contributed by atoms with van der Waals surface area (Å²) in [5.74, 6) is -1.26. The Hall–Kier alpha value is -2.64. The first-order chi connectivity index (χ1) is 12.1. The minimum Gasteiger partial charge on any atom is -0.501 e. The molecule has 0 saturated heterocycles. The molecule has 0 fully saturated rings. The number of carbonyl (C=O) groups is 2. The van der Waals surface area contributed by atoms with Gasteiger partial charge in [-0.3, -0.25) is 9.59 Å². The Bertz CT molecular complexity index is 622. The van der Waals surface area contributed by atoms with Gasteiger partial charge in [-0.25, -0.2) is 0 Å². The average molecular weight is 340 g/mol. The molecular formula is C18H21BN2O4. The zero-order chi connectivity index (χ0) is 18.1. The lowest BCUT2D eigenvalue weighted by molar-refractivity contribution is -0.140. The molecule has 0 heterocycles. The van der Waals surface area contributed by atoms with E-state index in [1.54, 1.807) is 0 Å². The molecule has 0 bridgehead atoms. The lowest BCUT2D eigenvalue weighted by Crippen LogP contribution is -2.38. The first kappa shape index (κ1) is 18.7. The van der Waals surface area contributed by atoms with Gasteiger partial charge in [0.15, 0.2) is 0 Å². The fourth-order valence-corrected chi connectivity index (χ4v) is 2.26. The molecule has 0 amide bonds. The number of hydrogen-bond donors (Lipinski definition) is 2. The minimum atomic E-state index is -0.820. The van der Waals surface area contributed by atoms with E-state index < -0.39 is 31.7 Å². The second-order valence-corrected chi connectivity index (χ2v) is 5.64. The molecule has 2 aromatic carbocycles. The maximum atomic E-state index is 11.8. The second kappa shape index (κ2) is 9.61. The number of nitrogens with two attached hydrogens (primary N) is 2. The molecule has 25 heavy (non-hydrogen) atoms. The van der Waals surface area contributed by atoms with E-state index in [1.807, 2.05) is 60.7 Å². The van der Waals surface area contributed by atoms with Crippen molar-refractivity contribution in [2.45, 2.75) is 24.9 Å². The molecular weight excluding hydrogens is 319 g/mol. The van der Waals surface area contributed by atoms with Crippen molar-refractivity contribution >= 4 is 19.6 Å². The Kier molecular flexibility index (Phi) is 7.19. The van der Waals surface area contributed by atoms with E-state index in [-0.39, 0.29) is 0 Å². The van der Waals surface area contributed by atoms with E-state index in [4.69, 9.17) is 20.8 Å². The molecule has 6 nitrogen and oxygen atoms in total. The molecule has 0 aliphatic heterocycles. The molecule has 0 aromatic heterocycles. The summed E-state index contributed by atoms with van der Waals surface area (Å²) >= 11 is 0. The standard InChI is InChI=1S/C18H21BN2O4/c20-15(11-13-7-3-1-4-8-13)17(22)24-19-25-18(23)16(21)12-14-9-5-2-6-10-14/h1-10,15-16,19H,11-12,20-21H2/t15-,16-/m0/s1. The Labute approximate surface area is 147 Å². The Morgan fingerprint density at radius 3 is 1.48 bits per heavy atom. The summed E-state index contributed by atoms with van der Waals surface area (Å²) in [5.41, 5.74) is 13.4. The predicted molar refractivity (Wildman–Crippen MR) is 95.6 cm³/mol. The van der Waals surface area contributed by atoms with Crippen LogP contribution in [0.15, 0.2) is 60.7 Å². The van der Waals surface area contributed by atoms with E-state index in [0.717, 1.165) is 11.1 Å². The number of hydrogen-bond acceptors (Lipinski definition) is 6. The molecule has 2 aromatic rings. The SMILES string of the molecule is N[C@@H](Cc1ccccc1)C(=O)OBOC(=O)[C@@H](N)Cc1ccccc1. The van der Waals surface area contributed by atoms with Crippen molar-refractivity contribution < 1.29 is 18.9 Å². The van der Waals surface area contributed by atoms with Crippen molar-refractivity contribution in [3.63, 3.8) is 0 Å². The van der Waals surface area contributed by atoms with E-state index in [0.29, 0.717) is 12.8 Å². The van der Waals surface area contributed by atoms with Gasteiger partial charge in [-0.15, -0.1) is 0 Å². The van der Waals surface area contributed by atoms with Crippen LogP contribution in [-0.2, 0) is 31.7 Å². The molecule has 0 spiro atoms. The molecule has 0 aliphatic rings. The summed E-state index contributed by atoms with van der Waals surface area (Å²) in [6, 6.07) is 17.1. The van der Waals surface area contributed by atoms with Gasteiger partial charge in [0.25, 0.3) is 0 Å². The van der Waals surface area contributed by atoms with Crippen molar-refractivity contribution in [2.24, 2.45) is 11.5 Å². The Morgan fingerprint density at radius 1 is 0.760 bits per heavy atom. The summed E-state index contributed by atoms with van der Waals surface area (Å²) in [6.45, 7) is 0. The lowest BCUT2D eigenvalue weighted by Gasteiger charge is -2.13. The average Bonchev–Trinajstić information content (AvgIpc) is 2.63. The van der Waals surface area contributed by atoms with Crippen LogP contribution in [0.25, 0.3) is 0 Å². The third kappa shape index (κ3) is 6.41. The van der Waals surface area contributed by atoms with Crippen LogP contribution >= 0.6 is 0 Å². The molecule has 0 aliphatic carbocycles. The van der Waals surface area contributed by atoms with Gasteiger partial charge in [0, 0.05) is 0 Å². The van der Waals surface area contributed by atoms with Crippen LogP contribution in [-0.4, -0.2) is 31.7 Å². The zero-order valence-corrected chi connectivity index (χ0v) is 13.8. The maximum Gasteiger partial charge on any atom is 0.580 e. The molecule has 0 unspecified atom stereocenters. The summed E-state index contributed by atoms with van der Waals surface area (Å²) in [5, 5.41) is 0. The highest BCUT2D eigenvalue weighted by atomic mass is 16.6. The summed E-state index contributed by atoms with van der Waals surface area (Å²) in [6.07, 6.45) is 0.697. The number of benzene rings is 2. The fraction of sp³-hybridized carbons (Fsp3) is 0.222.